The van der Waals surface area contributed by atoms with Crippen molar-refractivity contribution in [3.63, 3.8) is 0 Å². The predicted molar refractivity (Wildman–Crippen MR) is 114 cm³/mol. The van der Waals surface area contributed by atoms with Gasteiger partial charge < -0.3 is 14.8 Å². The molecule has 1 amide bonds. The maximum Gasteiger partial charge on any atom is 0.251 e. The van der Waals surface area contributed by atoms with Crippen LogP contribution in [0.5, 0.6) is 5.75 Å². The number of amides is 1. The summed E-state index contributed by atoms with van der Waals surface area (Å²) in [5.74, 6) is -0.915. The lowest BCUT2D eigenvalue weighted by molar-refractivity contribution is 0.0926. The van der Waals surface area contributed by atoms with E-state index in [1.165, 1.54) is 30.3 Å². The van der Waals surface area contributed by atoms with Gasteiger partial charge in [0.15, 0.2) is 11.6 Å². The Hall–Kier alpha value is -2.20. The first-order valence-corrected chi connectivity index (χ1v) is 11.7. The summed E-state index contributed by atoms with van der Waals surface area (Å²) in [6.45, 7) is 2.48. The van der Waals surface area contributed by atoms with Gasteiger partial charge in [-0.2, -0.15) is 0 Å². The van der Waals surface area contributed by atoms with Crippen molar-refractivity contribution in [3.05, 3.63) is 58.9 Å². The first-order valence-electron chi connectivity index (χ1n) is 9.85. The van der Waals surface area contributed by atoms with Crippen molar-refractivity contribution < 1.29 is 27.1 Å². The molecule has 1 aliphatic rings. The SMILES string of the molecule is CC(COc1ccccc1F)NC(=O)c1ccc(Cl)c(S(=O)(=O)NCC2CCCO2)c1. The van der Waals surface area contributed by atoms with E-state index >= 15 is 0 Å². The van der Waals surface area contributed by atoms with Gasteiger partial charge in [-0.3, -0.25) is 4.79 Å². The van der Waals surface area contributed by atoms with Crippen LogP contribution in [0.2, 0.25) is 5.02 Å². The summed E-state index contributed by atoms with van der Waals surface area (Å²) in [6, 6.07) is 9.52. The summed E-state index contributed by atoms with van der Waals surface area (Å²) in [4.78, 5) is 12.4. The van der Waals surface area contributed by atoms with Crippen LogP contribution < -0.4 is 14.8 Å². The maximum atomic E-state index is 13.6. The predicted octanol–water partition coefficient (Wildman–Crippen LogP) is 3.13. The molecule has 2 aromatic rings. The van der Waals surface area contributed by atoms with Gasteiger partial charge in [-0.25, -0.2) is 17.5 Å². The molecule has 2 N–H and O–H groups in total. The van der Waals surface area contributed by atoms with E-state index in [4.69, 9.17) is 21.1 Å². The Labute approximate surface area is 185 Å². The molecule has 0 aliphatic carbocycles. The summed E-state index contributed by atoms with van der Waals surface area (Å²) in [7, 11) is -3.92. The Bertz CT molecular complexity index is 1030. The highest BCUT2D eigenvalue weighted by atomic mass is 35.5. The van der Waals surface area contributed by atoms with Crippen molar-refractivity contribution in [2.45, 2.75) is 36.8 Å². The third kappa shape index (κ3) is 6.39. The highest BCUT2D eigenvalue weighted by Crippen LogP contribution is 2.23. The Morgan fingerprint density at radius 1 is 1.32 bits per heavy atom. The van der Waals surface area contributed by atoms with E-state index in [0.717, 1.165) is 12.8 Å². The molecule has 0 spiro atoms. The number of halogens is 2. The van der Waals surface area contributed by atoms with Gasteiger partial charge in [0.05, 0.1) is 17.2 Å². The number of carbonyl (C=O) groups is 1. The molecular formula is C21H24ClFN2O5S. The molecule has 168 valence electrons. The number of sulfonamides is 1. The van der Waals surface area contributed by atoms with Crippen LogP contribution in [0, 0.1) is 5.82 Å². The zero-order valence-corrected chi connectivity index (χ0v) is 18.5. The number of ether oxygens (including phenoxy) is 2. The molecule has 0 bridgehead atoms. The third-order valence-corrected chi connectivity index (χ3v) is 6.62. The molecule has 31 heavy (non-hydrogen) atoms. The third-order valence-electron chi connectivity index (χ3n) is 4.71. The van der Waals surface area contributed by atoms with Gasteiger partial charge >= 0.3 is 0 Å². The lowest BCUT2D eigenvalue weighted by atomic mass is 10.2. The number of benzene rings is 2. The number of hydrogen-bond donors (Lipinski definition) is 2. The summed E-state index contributed by atoms with van der Waals surface area (Å²) >= 11 is 6.08. The van der Waals surface area contributed by atoms with E-state index in [-0.39, 0.29) is 40.5 Å². The molecular weight excluding hydrogens is 447 g/mol. The van der Waals surface area contributed by atoms with E-state index in [1.807, 2.05) is 0 Å². The van der Waals surface area contributed by atoms with Crippen molar-refractivity contribution in [1.29, 1.82) is 0 Å². The monoisotopic (exact) mass is 470 g/mol. The Balaban J connectivity index is 1.62. The fraction of sp³-hybridized carbons (Fsp3) is 0.381. The van der Waals surface area contributed by atoms with Crippen LogP contribution in [0.4, 0.5) is 4.39 Å². The van der Waals surface area contributed by atoms with Gasteiger partial charge in [-0.05, 0) is 50.1 Å². The number of nitrogens with one attached hydrogen (secondary N) is 2. The van der Waals surface area contributed by atoms with Gasteiger partial charge in [0.1, 0.15) is 11.5 Å². The minimum absolute atomic E-state index is 0.00678. The van der Waals surface area contributed by atoms with Gasteiger partial charge in [-0.1, -0.05) is 23.7 Å². The zero-order chi connectivity index (χ0) is 22.4. The standard InChI is InChI=1S/C21H24ClFN2O5S/c1-14(13-30-19-7-3-2-6-18(19)23)25-21(26)15-8-9-17(22)20(11-15)31(27,28)24-12-16-5-4-10-29-16/h2-3,6-9,11,14,16,24H,4-5,10,12-13H2,1H3,(H,25,26). The number of para-hydroxylation sites is 1. The normalized spacial score (nSPS) is 17.3. The highest BCUT2D eigenvalue weighted by molar-refractivity contribution is 7.89. The molecule has 1 saturated heterocycles. The van der Waals surface area contributed by atoms with Crippen molar-refractivity contribution >= 4 is 27.5 Å². The van der Waals surface area contributed by atoms with E-state index in [1.54, 1.807) is 19.1 Å². The molecule has 0 aromatic heterocycles. The highest BCUT2D eigenvalue weighted by Gasteiger charge is 2.23. The molecule has 2 aromatic carbocycles. The molecule has 10 heteroatoms. The molecule has 7 nitrogen and oxygen atoms in total. The van der Waals surface area contributed by atoms with E-state index in [9.17, 15) is 17.6 Å². The largest absolute Gasteiger partial charge is 0.488 e. The van der Waals surface area contributed by atoms with Crippen LogP contribution in [-0.4, -0.2) is 46.2 Å². The summed E-state index contributed by atoms with van der Waals surface area (Å²) in [5, 5.41) is 2.70. The zero-order valence-electron chi connectivity index (χ0n) is 16.9. The van der Waals surface area contributed by atoms with Crippen LogP contribution >= 0.6 is 11.6 Å². The number of carbonyl (C=O) groups excluding carboxylic acids is 1. The fourth-order valence-corrected chi connectivity index (χ4v) is 4.65. The average Bonchev–Trinajstić information content (AvgIpc) is 3.26. The fourth-order valence-electron chi connectivity index (χ4n) is 3.06. The van der Waals surface area contributed by atoms with Crippen LogP contribution in [0.1, 0.15) is 30.1 Å². The summed E-state index contributed by atoms with van der Waals surface area (Å²) in [5.41, 5.74) is 0.125. The summed E-state index contributed by atoms with van der Waals surface area (Å²) in [6.07, 6.45) is 1.50. The number of hydrogen-bond acceptors (Lipinski definition) is 5. The summed E-state index contributed by atoms with van der Waals surface area (Å²) < 4.78 is 52.2. The minimum atomic E-state index is -3.92. The van der Waals surface area contributed by atoms with Gasteiger partial charge in [0, 0.05) is 18.7 Å². The molecule has 0 saturated carbocycles. The molecule has 1 fully saturated rings. The molecule has 3 rings (SSSR count). The second kappa shape index (κ2) is 10.4. The van der Waals surface area contributed by atoms with Crippen molar-refractivity contribution in [3.8, 4) is 5.75 Å². The Morgan fingerprint density at radius 2 is 2.10 bits per heavy atom. The first kappa shape index (κ1) is 23.5. The molecule has 2 atom stereocenters. The second-order valence-electron chi connectivity index (χ2n) is 7.25. The Kier molecular flexibility index (Phi) is 7.88. The van der Waals surface area contributed by atoms with Gasteiger partial charge in [0.2, 0.25) is 10.0 Å². The van der Waals surface area contributed by atoms with Gasteiger partial charge in [0.25, 0.3) is 5.91 Å². The second-order valence-corrected chi connectivity index (χ2v) is 9.39. The minimum Gasteiger partial charge on any atom is -0.488 e. The lowest BCUT2D eigenvalue weighted by Gasteiger charge is -2.16. The van der Waals surface area contributed by atoms with Crippen LogP contribution in [-0.2, 0) is 14.8 Å². The topological polar surface area (TPSA) is 93.7 Å². The van der Waals surface area contributed by atoms with E-state index < -0.39 is 27.8 Å². The molecule has 0 radical (unpaired) electrons. The van der Waals surface area contributed by atoms with Crippen molar-refractivity contribution in [1.82, 2.24) is 10.0 Å². The molecule has 1 aliphatic heterocycles. The lowest BCUT2D eigenvalue weighted by Crippen LogP contribution is -2.37. The molecule has 1 heterocycles. The van der Waals surface area contributed by atoms with Crippen molar-refractivity contribution in [2.24, 2.45) is 0 Å². The van der Waals surface area contributed by atoms with Gasteiger partial charge in [-0.15, -0.1) is 0 Å². The molecule has 2 unspecified atom stereocenters. The quantitative estimate of drug-likeness (QED) is 0.587. The number of rotatable bonds is 9. The maximum absolute atomic E-state index is 13.6. The van der Waals surface area contributed by atoms with Crippen LogP contribution in [0.3, 0.4) is 0 Å². The smallest absolute Gasteiger partial charge is 0.251 e. The van der Waals surface area contributed by atoms with Crippen LogP contribution in [0.15, 0.2) is 47.4 Å². The van der Waals surface area contributed by atoms with Crippen molar-refractivity contribution in [2.75, 3.05) is 19.8 Å². The first-order chi connectivity index (χ1) is 14.8. The van der Waals surface area contributed by atoms with E-state index in [0.29, 0.717) is 6.61 Å². The average molecular weight is 471 g/mol. The van der Waals surface area contributed by atoms with Crippen LogP contribution in [0.25, 0.3) is 0 Å². The van der Waals surface area contributed by atoms with E-state index in [2.05, 4.69) is 10.0 Å². The Morgan fingerprint density at radius 3 is 2.81 bits per heavy atom.